The predicted molar refractivity (Wildman–Crippen MR) is 88.8 cm³/mol. The Labute approximate surface area is 132 Å². The number of ether oxygens (including phenoxy) is 1. The molecule has 118 valence electrons. The second kappa shape index (κ2) is 11.5. The average molecular weight is 310 g/mol. The third-order valence-corrected chi connectivity index (χ3v) is 3.62. The predicted octanol–water partition coefficient (Wildman–Crippen LogP) is 3.14. The second-order valence-electron chi connectivity index (χ2n) is 5.17. The lowest BCUT2D eigenvalue weighted by atomic mass is 10.2. The van der Waals surface area contributed by atoms with Gasteiger partial charge in [-0.3, -0.25) is 0 Å². The highest BCUT2D eigenvalue weighted by atomic mass is 32.2. The molecule has 1 rings (SSSR count). The first kappa shape index (κ1) is 17.9. The number of benzene rings is 1. The summed E-state index contributed by atoms with van der Waals surface area (Å²) < 4.78 is 5.45. The van der Waals surface area contributed by atoms with Crippen molar-refractivity contribution < 1.29 is 9.53 Å². The van der Waals surface area contributed by atoms with Crippen LogP contribution in [0.5, 0.6) is 0 Å². The van der Waals surface area contributed by atoms with Gasteiger partial charge in [0.1, 0.15) is 0 Å². The summed E-state index contributed by atoms with van der Waals surface area (Å²) in [5.41, 5.74) is 0. The van der Waals surface area contributed by atoms with Crippen molar-refractivity contribution in [3.8, 4) is 0 Å². The molecular weight excluding hydrogens is 284 g/mol. The highest BCUT2D eigenvalue weighted by Crippen LogP contribution is 2.15. The van der Waals surface area contributed by atoms with Gasteiger partial charge in [0, 0.05) is 37.0 Å². The van der Waals surface area contributed by atoms with Crippen LogP contribution in [0.25, 0.3) is 0 Å². The molecule has 0 heterocycles. The largest absolute Gasteiger partial charge is 0.381 e. The summed E-state index contributed by atoms with van der Waals surface area (Å²) in [6.07, 6.45) is 0.846. The maximum absolute atomic E-state index is 11.5. The number of amides is 2. The number of hydrogen-bond donors (Lipinski definition) is 2. The molecule has 5 heteroatoms. The van der Waals surface area contributed by atoms with E-state index in [1.807, 2.05) is 18.2 Å². The molecule has 21 heavy (non-hydrogen) atoms. The molecule has 0 aliphatic heterocycles. The summed E-state index contributed by atoms with van der Waals surface area (Å²) in [7, 11) is 0. The molecule has 4 nitrogen and oxygen atoms in total. The van der Waals surface area contributed by atoms with E-state index in [1.165, 1.54) is 4.90 Å². The number of urea groups is 1. The molecule has 2 amide bonds. The molecule has 1 aromatic carbocycles. The van der Waals surface area contributed by atoms with E-state index in [1.54, 1.807) is 11.8 Å². The van der Waals surface area contributed by atoms with Crippen LogP contribution in [0, 0.1) is 5.92 Å². The van der Waals surface area contributed by atoms with Crippen LogP contribution in [0.3, 0.4) is 0 Å². The first-order chi connectivity index (χ1) is 10.2. The van der Waals surface area contributed by atoms with Gasteiger partial charge in [-0.05, 0) is 24.5 Å². The Balaban J connectivity index is 1.92. The highest BCUT2D eigenvalue weighted by molar-refractivity contribution is 7.99. The van der Waals surface area contributed by atoms with Gasteiger partial charge in [0.2, 0.25) is 0 Å². The van der Waals surface area contributed by atoms with Crippen molar-refractivity contribution in [1.82, 2.24) is 10.6 Å². The Morgan fingerprint density at radius 3 is 2.62 bits per heavy atom. The van der Waals surface area contributed by atoms with Gasteiger partial charge < -0.3 is 15.4 Å². The van der Waals surface area contributed by atoms with Gasteiger partial charge in [-0.1, -0.05) is 32.0 Å². The van der Waals surface area contributed by atoms with E-state index >= 15 is 0 Å². The molecule has 0 saturated heterocycles. The van der Waals surface area contributed by atoms with Gasteiger partial charge in [-0.15, -0.1) is 11.8 Å². The van der Waals surface area contributed by atoms with Crippen LogP contribution in [-0.4, -0.2) is 38.1 Å². The first-order valence-electron chi connectivity index (χ1n) is 7.46. The van der Waals surface area contributed by atoms with Crippen molar-refractivity contribution in [2.75, 3.05) is 32.1 Å². The molecule has 0 atom stereocenters. The molecule has 0 aliphatic carbocycles. The number of carbonyl (C=O) groups is 1. The topological polar surface area (TPSA) is 50.4 Å². The maximum Gasteiger partial charge on any atom is 0.314 e. The third-order valence-electron chi connectivity index (χ3n) is 2.60. The monoisotopic (exact) mass is 310 g/mol. The highest BCUT2D eigenvalue weighted by Gasteiger charge is 1.99. The number of hydrogen-bond acceptors (Lipinski definition) is 3. The summed E-state index contributed by atoms with van der Waals surface area (Å²) in [6, 6.07) is 10.1. The van der Waals surface area contributed by atoms with Gasteiger partial charge in [0.25, 0.3) is 0 Å². The van der Waals surface area contributed by atoms with Crippen molar-refractivity contribution in [3.63, 3.8) is 0 Å². The lowest BCUT2D eigenvalue weighted by Gasteiger charge is -2.09. The molecular formula is C16H26N2O2S. The lowest BCUT2D eigenvalue weighted by molar-refractivity contribution is 0.108. The Morgan fingerprint density at radius 1 is 1.19 bits per heavy atom. The second-order valence-corrected chi connectivity index (χ2v) is 6.33. The first-order valence-corrected chi connectivity index (χ1v) is 8.44. The lowest BCUT2D eigenvalue weighted by Crippen LogP contribution is -2.37. The van der Waals surface area contributed by atoms with Gasteiger partial charge in [-0.25, -0.2) is 4.79 Å². The van der Waals surface area contributed by atoms with E-state index in [0.29, 0.717) is 25.6 Å². The molecule has 0 bridgehead atoms. The normalized spacial score (nSPS) is 10.6. The summed E-state index contributed by atoms with van der Waals surface area (Å²) in [6.45, 7) is 7.04. The summed E-state index contributed by atoms with van der Waals surface area (Å²) in [5.74, 6) is 1.43. The molecule has 2 N–H and O–H groups in total. The molecule has 0 aliphatic rings. The van der Waals surface area contributed by atoms with Crippen molar-refractivity contribution in [2.45, 2.75) is 25.2 Å². The molecule has 1 aromatic rings. The fourth-order valence-corrected chi connectivity index (χ4v) is 2.40. The summed E-state index contributed by atoms with van der Waals surface area (Å²) in [4.78, 5) is 12.7. The maximum atomic E-state index is 11.5. The molecule has 0 saturated carbocycles. The van der Waals surface area contributed by atoms with E-state index in [0.717, 1.165) is 18.8 Å². The zero-order valence-electron chi connectivity index (χ0n) is 12.9. The summed E-state index contributed by atoms with van der Waals surface area (Å²) in [5, 5.41) is 5.68. The molecule has 0 fully saturated rings. The minimum atomic E-state index is -0.104. The minimum absolute atomic E-state index is 0.104. The Hall–Kier alpha value is -1.20. The van der Waals surface area contributed by atoms with Crippen molar-refractivity contribution >= 4 is 17.8 Å². The molecule has 0 radical (unpaired) electrons. The van der Waals surface area contributed by atoms with Gasteiger partial charge >= 0.3 is 6.03 Å². The van der Waals surface area contributed by atoms with Crippen LogP contribution in [0.1, 0.15) is 20.3 Å². The zero-order valence-corrected chi connectivity index (χ0v) is 13.7. The average Bonchev–Trinajstić information content (AvgIpc) is 2.48. The number of nitrogens with one attached hydrogen (secondary N) is 2. The van der Waals surface area contributed by atoms with E-state index in [4.69, 9.17) is 4.74 Å². The Morgan fingerprint density at radius 2 is 1.90 bits per heavy atom. The zero-order chi connectivity index (χ0) is 15.3. The third kappa shape index (κ3) is 10.2. The molecule has 0 unspecified atom stereocenters. The Kier molecular flexibility index (Phi) is 9.74. The fraction of sp³-hybridized carbons (Fsp3) is 0.562. The van der Waals surface area contributed by atoms with Crippen LogP contribution in [-0.2, 0) is 4.74 Å². The van der Waals surface area contributed by atoms with Crippen molar-refractivity contribution in [1.29, 1.82) is 0 Å². The van der Waals surface area contributed by atoms with Crippen LogP contribution >= 0.6 is 11.8 Å². The quantitative estimate of drug-likeness (QED) is 0.515. The van der Waals surface area contributed by atoms with Crippen molar-refractivity contribution in [2.24, 2.45) is 5.92 Å². The summed E-state index contributed by atoms with van der Waals surface area (Å²) >= 11 is 1.74. The van der Waals surface area contributed by atoms with E-state index in [9.17, 15) is 4.79 Å². The number of carbonyl (C=O) groups excluding carboxylic acids is 1. The van der Waals surface area contributed by atoms with E-state index < -0.39 is 0 Å². The standard InChI is InChI=1S/C16H26N2O2S/c1-14(2)13-20-11-6-9-17-16(19)18-10-12-21-15-7-4-3-5-8-15/h3-5,7-8,14H,6,9-13H2,1-2H3,(H2,17,18,19). The van der Waals surface area contributed by atoms with Crippen molar-refractivity contribution in [3.05, 3.63) is 30.3 Å². The number of rotatable bonds is 10. The van der Waals surface area contributed by atoms with Gasteiger partial charge in [0.05, 0.1) is 0 Å². The van der Waals surface area contributed by atoms with Gasteiger partial charge in [0.15, 0.2) is 0 Å². The van der Waals surface area contributed by atoms with Crippen LogP contribution in [0.2, 0.25) is 0 Å². The van der Waals surface area contributed by atoms with E-state index in [-0.39, 0.29) is 6.03 Å². The van der Waals surface area contributed by atoms with Crippen LogP contribution in [0.4, 0.5) is 4.79 Å². The Bertz CT molecular complexity index is 385. The number of thioether (sulfide) groups is 1. The smallest absolute Gasteiger partial charge is 0.314 e. The minimum Gasteiger partial charge on any atom is -0.381 e. The van der Waals surface area contributed by atoms with Gasteiger partial charge in [-0.2, -0.15) is 0 Å². The molecule has 0 aromatic heterocycles. The van der Waals surface area contributed by atoms with E-state index in [2.05, 4.69) is 36.6 Å². The van der Waals surface area contributed by atoms with Crippen LogP contribution < -0.4 is 10.6 Å². The SMILES string of the molecule is CC(C)COCCCNC(=O)NCCSc1ccccc1. The van der Waals surface area contributed by atoms with Crippen LogP contribution in [0.15, 0.2) is 35.2 Å². The molecule has 0 spiro atoms. The fourth-order valence-electron chi connectivity index (χ4n) is 1.61.